The molecule has 0 radical (unpaired) electrons. The van der Waals surface area contributed by atoms with Crippen molar-refractivity contribution in [2.24, 2.45) is 0 Å². The van der Waals surface area contributed by atoms with Crippen LogP contribution in [0, 0.1) is 0 Å². The zero-order valence-corrected chi connectivity index (χ0v) is 19.1. The summed E-state index contributed by atoms with van der Waals surface area (Å²) in [5.74, 6) is -0.594. The van der Waals surface area contributed by atoms with Gasteiger partial charge in [-0.2, -0.15) is 0 Å². The highest BCUT2D eigenvalue weighted by atomic mass is 32.2. The SMILES string of the molecule is CCOC(=O)Nc1ccc2c(COC(=O)c3cccc(N4CCCS4(=O)=O)c3)cc(=O)oc2c1. The van der Waals surface area contributed by atoms with Crippen LogP contribution in [0.1, 0.15) is 29.3 Å². The number of hydrogen-bond donors (Lipinski definition) is 1. The number of rotatable bonds is 6. The molecule has 1 fully saturated rings. The van der Waals surface area contributed by atoms with Crippen molar-refractivity contribution in [1.29, 1.82) is 0 Å². The zero-order valence-electron chi connectivity index (χ0n) is 18.3. The second-order valence-electron chi connectivity index (χ2n) is 7.52. The van der Waals surface area contributed by atoms with Crippen LogP contribution in [-0.2, 0) is 26.1 Å². The van der Waals surface area contributed by atoms with Crippen molar-refractivity contribution in [3.8, 4) is 0 Å². The third-order valence-electron chi connectivity index (χ3n) is 5.18. The largest absolute Gasteiger partial charge is 0.457 e. The van der Waals surface area contributed by atoms with Crippen LogP contribution in [0.4, 0.5) is 16.2 Å². The maximum atomic E-state index is 12.7. The first-order chi connectivity index (χ1) is 16.3. The summed E-state index contributed by atoms with van der Waals surface area (Å²) in [5.41, 5.74) is 0.937. The highest BCUT2D eigenvalue weighted by Crippen LogP contribution is 2.26. The first kappa shape index (κ1) is 23.3. The van der Waals surface area contributed by atoms with E-state index in [1.807, 2.05) is 0 Å². The lowest BCUT2D eigenvalue weighted by Gasteiger charge is -2.17. The summed E-state index contributed by atoms with van der Waals surface area (Å²) >= 11 is 0. The minimum atomic E-state index is -3.38. The van der Waals surface area contributed by atoms with E-state index >= 15 is 0 Å². The molecular formula is C23H22N2O8S. The molecule has 0 saturated carbocycles. The van der Waals surface area contributed by atoms with Crippen LogP contribution in [0.5, 0.6) is 0 Å². The number of nitrogens with zero attached hydrogens (tertiary/aromatic N) is 1. The summed E-state index contributed by atoms with van der Waals surface area (Å²) in [4.78, 5) is 36.3. The molecule has 1 amide bonds. The molecule has 1 saturated heterocycles. The number of anilines is 2. The number of hydrogen-bond acceptors (Lipinski definition) is 8. The van der Waals surface area contributed by atoms with Crippen molar-refractivity contribution in [3.63, 3.8) is 0 Å². The molecule has 0 aliphatic carbocycles. The molecule has 0 unspecified atom stereocenters. The van der Waals surface area contributed by atoms with E-state index < -0.39 is 27.7 Å². The van der Waals surface area contributed by atoms with Gasteiger partial charge in [-0.05, 0) is 43.7 Å². The molecule has 1 aromatic heterocycles. The lowest BCUT2D eigenvalue weighted by Crippen LogP contribution is -2.25. The summed E-state index contributed by atoms with van der Waals surface area (Å²) in [6, 6.07) is 12.1. The minimum absolute atomic E-state index is 0.0718. The monoisotopic (exact) mass is 486 g/mol. The summed E-state index contributed by atoms with van der Waals surface area (Å²) in [6.07, 6.45) is -0.115. The lowest BCUT2D eigenvalue weighted by atomic mass is 10.1. The van der Waals surface area contributed by atoms with Crippen LogP contribution in [0.15, 0.2) is 57.7 Å². The van der Waals surface area contributed by atoms with E-state index in [-0.39, 0.29) is 30.1 Å². The Labute approximate surface area is 195 Å². The number of carbonyl (C=O) groups is 2. The van der Waals surface area contributed by atoms with Gasteiger partial charge < -0.3 is 13.9 Å². The number of ether oxygens (including phenoxy) is 2. The van der Waals surface area contributed by atoms with Crippen molar-refractivity contribution in [2.75, 3.05) is 28.5 Å². The Kier molecular flexibility index (Phi) is 6.55. The van der Waals surface area contributed by atoms with Crippen molar-refractivity contribution in [1.82, 2.24) is 0 Å². The molecular weight excluding hydrogens is 464 g/mol. The number of amides is 1. The molecule has 2 heterocycles. The van der Waals surface area contributed by atoms with E-state index in [0.29, 0.717) is 35.3 Å². The quantitative estimate of drug-likeness (QED) is 0.415. The molecule has 34 heavy (non-hydrogen) atoms. The number of sulfonamides is 1. The Morgan fingerprint density at radius 3 is 2.68 bits per heavy atom. The van der Waals surface area contributed by atoms with Gasteiger partial charge in [0.25, 0.3) is 0 Å². The Hall–Kier alpha value is -3.86. The molecule has 178 valence electrons. The van der Waals surface area contributed by atoms with E-state index in [2.05, 4.69) is 5.32 Å². The number of fused-ring (bicyclic) bond motifs is 1. The standard InChI is InChI=1S/C23H22N2O8S/c1-2-31-23(28)24-17-7-8-19-16(12-21(26)33-20(19)13-17)14-32-22(27)15-5-3-6-18(11-15)25-9-4-10-34(25,29)30/h3,5-8,11-13H,2,4,9-10,14H2,1H3,(H,24,28). The van der Waals surface area contributed by atoms with Crippen molar-refractivity contribution in [3.05, 3.63) is 70.1 Å². The van der Waals surface area contributed by atoms with Gasteiger partial charge in [0.05, 0.1) is 23.6 Å². The Morgan fingerprint density at radius 2 is 1.94 bits per heavy atom. The molecule has 0 spiro atoms. The molecule has 3 aromatic rings. The van der Waals surface area contributed by atoms with Gasteiger partial charge in [0.2, 0.25) is 10.0 Å². The third-order valence-corrected chi connectivity index (χ3v) is 7.05. The second kappa shape index (κ2) is 9.56. The first-order valence-electron chi connectivity index (χ1n) is 10.5. The average Bonchev–Trinajstić information content (AvgIpc) is 3.16. The molecule has 0 bridgehead atoms. The van der Waals surface area contributed by atoms with Gasteiger partial charge in [-0.3, -0.25) is 9.62 Å². The van der Waals surface area contributed by atoms with Gasteiger partial charge in [-0.15, -0.1) is 0 Å². The molecule has 11 heteroatoms. The highest BCUT2D eigenvalue weighted by molar-refractivity contribution is 7.93. The van der Waals surface area contributed by atoms with E-state index in [9.17, 15) is 22.8 Å². The first-order valence-corrected chi connectivity index (χ1v) is 12.2. The van der Waals surface area contributed by atoms with Crippen molar-refractivity contribution >= 4 is 44.4 Å². The van der Waals surface area contributed by atoms with Gasteiger partial charge in [-0.1, -0.05) is 6.07 Å². The molecule has 10 nitrogen and oxygen atoms in total. The molecule has 1 N–H and O–H groups in total. The predicted octanol–water partition coefficient (Wildman–Crippen LogP) is 3.26. The van der Waals surface area contributed by atoms with E-state index in [4.69, 9.17) is 13.9 Å². The summed E-state index contributed by atoms with van der Waals surface area (Å²) < 4.78 is 41.1. The van der Waals surface area contributed by atoms with E-state index in [0.717, 1.165) is 0 Å². The van der Waals surface area contributed by atoms with Gasteiger partial charge in [0.15, 0.2) is 0 Å². The van der Waals surface area contributed by atoms with Crippen molar-refractivity contribution in [2.45, 2.75) is 20.0 Å². The fourth-order valence-electron chi connectivity index (χ4n) is 3.66. The van der Waals surface area contributed by atoms with E-state index in [1.165, 1.54) is 28.6 Å². The smallest absolute Gasteiger partial charge is 0.411 e. The summed E-state index contributed by atoms with van der Waals surface area (Å²) in [5, 5.41) is 3.05. The fraction of sp³-hybridized carbons (Fsp3) is 0.261. The average molecular weight is 487 g/mol. The maximum Gasteiger partial charge on any atom is 0.411 e. The lowest BCUT2D eigenvalue weighted by molar-refractivity contribution is 0.0473. The number of carbonyl (C=O) groups excluding carboxylic acids is 2. The highest BCUT2D eigenvalue weighted by Gasteiger charge is 2.28. The number of esters is 1. The Morgan fingerprint density at radius 1 is 1.12 bits per heavy atom. The van der Waals surface area contributed by atoms with Crippen LogP contribution in [0.3, 0.4) is 0 Å². The summed E-state index contributed by atoms with van der Waals surface area (Å²) in [6.45, 7) is 2.04. The Bertz CT molecular complexity index is 1410. The van der Waals surface area contributed by atoms with Gasteiger partial charge >= 0.3 is 17.7 Å². The second-order valence-corrected chi connectivity index (χ2v) is 9.53. The number of nitrogens with one attached hydrogen (secondary N) is 1. The maximum absolute atomic E-state index is 12.7. The van der Waals surface area contributed by atoms with Crippen LogP contribution in [-0.4, -0.2) is 39.4 Å². The van der Waals surface area contributed by atoms with Gasteiger partial charge in [-0.25, -0.2) is 22.8 Å². The van der Waals surface area contributed by atoms with Crippen LogP contribution in [0.2, 0.25) is 0 Å². The molecule has 0 atom stereocenters. The zero-order chi connectivity index (χ0) is 24.3. The molecule has 1 aliphatic heterocycles. The van der Waals surface area contributed by atoms with Crippen LogP contribution < -0.4 is 15.2 Å². The van der Waals surface area contributed by atoms with Gasteiger partial charge in [0.1, 0.15) is 12.2 Å². The molecule has 1 aliphatic rings. The molecule has 4 rings (SSSR count). The van der Waals surface area contributed by atoms with E-state index in [1.54, 1.807) is 31.2 Å². The van der Waals surface area contributed by atoms with Gasteiger partial charge in [0, 0.05) is 35.3 Å². The number of benzene rings is 2. The topological polar surface area (TPSA) is 132 Å². The molecule has 2 aromatic carbocycles. The van der Waals surface area contributed by atoms with Crippen LogP contribution >= 0.6 is 0 Å². The Balaban J connectivity index is 1.52. The fourth-order valence-corrected chi connectivity index (χ4v) is 5.21. The third kappa shape index (κ3) is 5.04. The predicted molar refractivity (Wildman–Crippen MR) is 124 cm³/mol. The van der Waals surface area contributed by atoms with Crippen molar-refractivity contribution < 1.29 is 31.9 Å². The normalized spacial score (nSPS) is 14.7. The van der Waals surface area contributed by atoms with Crippen LogP contribution in [0.25, 0.3) is 11.0 Å². The minimum Gasteiger partial charge on any atom is -0.457 e. The summed E-state index contributed by atoms with van der Waals surface area (Å²) in [7, 11) is -3.38.